The maximum absolute atomic E-state index is 4.18. The lowest BCUT2D eigenvalue weighted by atomic mass is 10.3. The van der Waals surface area contributed by atoms with Gasteiger partial charge in [-0.1, -0.05) is 22.6 Å². The Kier molecular flexibility index (Phi) is 1.95. The minimum absolute atomic E-state index is 0.777. The molecule has 12 heavy (non-hydrogen) atoms. The third kappa shape index (κ3) is 1.17. The van der Waals surface area contributed by atoms with Crippen molar-refractivity contribution in [1.82, 2.24) is 19.7 Å². The van der Waals surface area contributed by atoms with Crippen molar-refractivity contribution in [2.45, 2.75) is 4.43 Å². The van der Waals surface area contributed by atoms with Gasteiger partial charge in [0.25, 0.3) is 0 Å². The Morgan fingerprint density at radius 1 is 1.50 bits per heavy atom. The minimum Gasteiger partial charge on any atom is -0.273 e. The summed E-state index contributed by atoms with van der Waals surface area (Å²) in [5.41, 5.74) is 1.83. The van der Waals surface area contributed by atoms with E-state index in [1.807, 2.05) is 13.2 Å². The zero-order valence-electron chi connectivity index (χ0n) is 6.53. The molecule has 0 aliphatic carbocycles. The Balaban J connectivity index is 2.78. The molecular weight excluding hydrogens is 267 g/mol. The van der Waals surface area contributed by atoms with E-state index in [0.29, 0.717) is 0 Å². The summed E-state index contributed by atoms with van der Waals surface area (Å²) < 4.78 is 2.65. The van der Waals surface area contributed by atoms with E-state index in [2.05, 4.69) is 37.7 Å². The van der Waals surface area contributed by atoms with Crippen LogP contribution in [0.5, 0.6) is 0 Å². The lowest BCUT2D eigenvalue weighted by Crippen LogP contribution is -1.87. The van der Waals surface area contributed by atoms with Crippen molar-refractivity contribution >= 4 is 33.6 Å². The van der Waals surface area contributed by atoms with Crippen molar-refractivity contribution in [1.29, 1.82) is 0 Å². The summed E-state index contributed by atoms with van der Waals surface area (Å²) in [4.78, 5) is 8.23. The second kappa shape index (κ2) is 2.96. The Bertz CT molecular complexity index is 409. The zero-order chi connectivity index (χ0) is 8.55. The van der Waals surface area contributed by atoms with Crippen LogP contribution in [-0.4, -0.2) is 19.7 Å². The fraction of sp³-hybridized carbons (Fsp3) is 0.286. The molecule has 0 radical (unpaired) electrons. The van der Waals surface area contributed by atoms with E-state index in [0.717, 1.165) is 21.2 Å². The van der Waals surface area contributed by atoms with E-state index >= 15 is 0 Å². The lowest BCUT2D eigenvalue weighted by molar-refractivity contribution is 0.775. The molecule has 0 atom stereocenters. The molecule has 0 fully saturated rings. The highest BCUT2D eigenvalue weighted by molar-refractivity contribution is 14.1. The van der Waals surface area contributed by atoms with Crippen LogP contribution in [0.1, 0.15) is 5.69 Å². The molecule has 0 N–H and O–H groups in total. The summed E-state index contributed by atoms with van der Waals surface area (Å²) >= 11 is 2.28. The molecule has 0 aromatic carbocycles. The van der Waals surface area contributed by atoms with Gasteiger partial charge in [-0.2, -0.15) is 5.10 Å². The molecule has 0 saturated carbocycles. The molecule has 0 spiro atoms. The van der Waals surface area contributed by atoms with Crippen molar-refractivity contribution in [3.8, 4) is 0 Å². The van der Waals surface area contributed by atoms with Crippen LogP contribution >= 0.6 is 22.6 Å². The summed E-state index contributed by atoms with van der Waals surface area (Å²) in [6.07, 6.45) is 3.51. The summed E-state index contributed by atoms with van der Waals surface area (Å²) in [5.74, 6) is 0. The fourth-order valence-corrected chi connectivity index (χ4v) is 1.71. The Morgan fingerprint density at radius 3 is 3.08 bits per heavy atom. The molecule has 2 heterocycles. The topological polar surface area (TPSA) is 43.6 Å². The molecule has 0 unspecified atom stereocenters. The summed E-state index contributed by atoms with van der Waals surface area (Å²) in [7, 11) is 1.89. The van der Waals surface area contributed by atoms with Gasteiger partial charge in [-0.15, -0.1) is 0 Å². The number of aryl methyl sites for hydroxylation is 1. The minimum atomic E-state index is 0.777. The third-order valence-corrected chi connectivity index (χ3v) is 2.36. The van der Waals surface area contributed by atoms with Gasteiger partial charge in [0.05, 0.1) is 11.1 Å². The number of rotatable bonds is 1. The average Bonchev–Trinajstić information content (AvgIpc) is 2.44. The van der Waals surface area contributed by atoms with Gasteiger partial charge in [0.1, 0.15) is 6.33 Å². The third-order valence-electron chi connectivity index (χ3n) is 1.64. The predicted molar refractivity (Wildman–Crippen MR) is 54.0 cm³/mol. The number of hydrogen-bond acceptors (Lipinski definition) is 3. The van der Waals surface area contributed by atoms with Crippen LogP contribution < -0.4 is 0 Å². The van der Waals surface area contributed by atoms with Gasteiger partial charge >= 0.3 is 0 Å². The first-order valence-corrected chi connectivity index (χ1v) is 5.03. The van der Waals surface area contributed by atoms with Crippen LogP contribution in [0.4, 0.5) is 0 Å². The summed E-state index contributed by atoms with van der Waals surface area (Å²) in [6, 6.07) is 0. The maximum Gasteiger partial charge on any atom is 0.184 e. The molecule has 62 valence electrons. The standard InChI is InChI=1S/C7H7IN4/c1-12-3-5-6(2-8)9-4-10-7(5)11-12/h3-4H,2H2,1H3. The van der Waals surface area contributed by atoms with Crippen molar-refractivity contribution < 1.29 is 0 Å². The van der Waals surface area contributed by atoms with Gasteiger partial charge in [-0.3, -0.25) is 4.68 Å². The highest BCUT2D eigenvalue weighted by Crippen LogP contribution is 2.14. The van der Waals surface area contributed by atoms with Crippen LogP contribution in [0.3, 0.4) is 0 Å². The van der Waals surface area contributed by atoms with E-state index in [1.54, 1.807) is 11.0 Å². The molecule has 0 bridgehead atoms. The van der Waals surface area contributed by atoms with Crippen LogP contribution in [0.2, 0.25) is 0 Å². The lowest BCUT2D eigenvalue weighted by Gasteiger charge is -1.92. The second-order valence-electron chi connectivity index (χ2n) is 2.49. The highest BCUT2D eigenvalue weighted by Gasteiger charge is 2.04. The zero-order valence-corrected chi connectivity index (χ0v) is 8.69. The molecule has 2 aromatic heterocycles. The first kappa shape index (κ1) is 7.90. The Hall–Kier alpha value is -0.720. The van der Waals surface area contributed by atoms with E-state index in [-0.39, 0.29) is 0 Å². The number of fused-ring (bicyclic) bond motifs is 1. The van der Waals surface area contributed by atoms with E-state index in [1.165, 1.54) is 0 Å². The number of nitrogens with zero attached hydrogens (tertiary/aromatic N) is 4. The van der Waals surface area contributed by atoms with E-state index in [9.17, 15) is 0 Å². The van der Waals surface area contributed by atoms with Gasteiger partial charge in [-0.25, -0.2) is 9.97 Å². The van der Waals surface area contributed by atoms with Crippen LogP contribution in [0.25, 0.3) is 11.0 Å². The number of aromatic nitrogens is 4. The average molecular weight is 274 g/mol. The molecule has 4 nitrogen and oxygen atoms in total. The summed E-state index contributed by atoms with van der Waals surface area (Å²) in [6.45, 7) is 0. The van der Waals surface area contributed by atoms with Gasteiger partial charge in [0, 0.05) is 17.7 Å². The largest absolute Gasteiger partial charge is 0.273 e. The SMILES string of the molecule is Cn1cc2c(CI)ncnc2n1. The monoisotopic (exact) mass is 274 g/mol. The summed E-state index contributed by atoms with van der Waals surface area (Å²) in [5, 5.41) is 5.23. The van der Waals surface area contributed by atoms with E-state index in [4.69, 9.17) is 0 Å². The van der Waals surface area contributed by atoms with Gasteiger partial charge < -0.3 is 0 Å². The number of alkyl halides is 1. The van der Waals surface area contributed by atoms with Crippen molar-refractivity contribution in [3.63, 3.8) is 0 Å². The smallest absolute Gasteiger partial charge is 0.184 e. The van der Waals surface area contributed by atoms with Crippen LogP contribution in [0.15, 0.2) is 12.5 Å². The molecule has 2 rings (SSSR count). The molecular formula is C7H7IN4. The number of halogens is 1. The van der Waals surface area contributed by atoms with Crippen LogP contribution in [-0.2, 0) is 11.5 Å². The Labute approximate surface area is 83.2 Å². The normalized spacial score (nSPS) is 10.8. The van der Waals surface area contributed by atoms with Crippen molar-refractivity contribution in [2.75, 3.05) is 0 Å². The van der Waals surface area contributed by atoms with Crippen molar-refractivity contribution in [2.24, 2.45) is 7.05 Å². The highest BCUT2D eigenvalue weighted by atomic mass is 127. The first-order chi connectivity index (χ1) is 5.81. The molecule has 2 aromatic rings. The Morgan fingerprint density at radius 2 is 2.33 bits per heavy atom. The van der Waals surface area contributed by atoms with E-state index < -0.39 is 0 Å². The molecule has 0 amide bonds. The second-order valence-corrected chi connectivity index (χ2v) is 3.26. The van der Waals surface area contributed by atoms with Gasteiger partial charge in [0.2, 0.25) is 0 Å². The molecule has 0 saturated heterocycles. The number of hydrogen-bond donors (Lipinski definition) is 0. The first-order valence-electron chi connectivity index (χ1n) is 3.50. The quantitative estimate of drug-likeness (QED) is 0.581. The van der Waals surface area contributed by atoms with Gasteiger partial charge in [-0.05, 0) is 0 Å². The molecule has 5 heteroatoms. The molecule has 0 aliphatic rings. The fourth-order valence-electron chi connectivity index (χ4n) is 1.10. The van der Waals surface area contributed by atoms with Gasteiger partial charge in [0.15, 0.2) is 5.65 Å². The molecule has 0 aliphatic heterocycles. The van der Waals surface area contributed by atoms with Crippen LogP contribution in [0, 0.1) is 0 Å². The maximum atomic E-state index is 4.18. The predicted octanol–water partition coefficient (Wildman–Crippen LogP) is 1.30. The van der Waals surface area contributed by atoms with Crippen molar-refractivity contribution in [3.05, 3.63) is 18.2 Å².